The van der Waals surface area contributed by atoms with Gasteiger partial charge in [-0.05, 0) is 61.6 Å². The molecule has 0 unspecified atom stereocenters. The molecule has 2 amide bonds. The third kappa shape index (κ3) is 4.57. The molecule has 0 radical (unpaired) electrons. The minimum absolute atomic E-state index is 0.254. The summed E-state index contributed by atoms with van der Waals surface area (Å²) in [5, 5.41) is 6.05. The van der Waals surface area contributed by atoms with Crippen LogP contribution < -0.4 is 10.6 Å². The van der Waals surface area contributed by atoms with E-state index in [0.29, 0.717) is 10.7 Å². The molecule has 0 aliphatic carbocycles. The molecular weight excluding hydrogens is 338 g/mol. The van der Waals surface area contributed by atoms with Crippen LogP contribution in [-0.2, 0) is 0 Å². The van der Waals surface area contributed by atoms with E-state index in [1.807, 2.05) is 26.8 Å². The third-order valence-electron chi connectivity index (χ3n) is 1.67. The number of rotatable bonds is 1. The van der Waals surface area contributed by atoms with Gasteiger partial charge in [-0.25, -0.2) is 4.79 Å². The molecule has 0 saturated carbocycles. The Morgan fingerprint density at radius 1 is 1.38 bits per heavy atom. The largest absolute Gasteiger partial charge is 0.333 e. The van der Waals surface area contributed by atoms with Crippen LogP contribution >= 0.6 is 34.2 Å². The van der Waals surface area contributed by atoms with Gasteiger partial charge in [-0.3, -0.25) is 0 Å². The maximum absolute atomic E-state index is 11.6. The fourth-order valence-electron chi connectivity index (χ4n) is 1.09. The predicted molar refractivity (Wildman–Crippen MR) is 76.1 cm³/mol. The van der Waals surface area contributed by atoms with Gasteiger partial charge in [-0.2, -0.15) is 0 Å². The monoisotopic (exact) mass is 352 g/mol. The van der Waals surface area contributed by atoms with Crippen molar-refractivity contribution in [3.8, 4) is 0 Å². The van der Waals surface area contributed by atoms with Gasteiger partial charge in [0.1, 0.15) is 0 Å². The lowest BCUT2D eigenvalue weighted by molar-refractivity contribution is 0.244. The number of amides is 2. The van der Waals surface area contributed by atoms with Gasteiger partial charge >= 0.3 is 6.03 Å². The summed E-state index contributed by atoms with van der Waals surface area (Å²) in [6, 6.07) is 5.22. The fraction of sp³-hybridized carbons (Fsp3) is 0.364. The molecule has 0 aromatic heterocycles. The Bertz CT molecular complexity index is 401. The van der Waals surface area contributed by atoms with Crippen molar-refractivity contribution in [3.05, 3.63) is 26.8 Å². The topological polar surface area (TPSA) is 41.1 Å². The molecule has 3 nitrogen and oxygen atoms in total. The lowest BCUT2D eigenvalue weighted by Gasteiger charge is -2.21. The van der Waals surface area contributed by atoms with Crippen molar-refractivity contribution >= 4 is 45.9 Å². The average Bonchev–Trinajstić information content (AvgIpc) is 2.06. The quantitative estimate of drug-likeness (QED) is 0.740. The Labute approximate surface area is 114 Å². The highest BCUT2D eigenvalue weighted by Crippen LogP contribution is 2.23. The second-order valence-corrected chi connectivity index (χ2v) is 6.11. The van der Waals surface area contributed by atoms with Crippen LogP contribution in [0.5, 0.6) is 0 Å². The first-order valence-electron chi connectivity index (χ1n) is 4.82. The molecular formula is C11H14ClIN2O. The fourth-order valence-corrected chi connectivity index (χ4v) is 1.99. The molecule has 2 N–H and O–H groups in total. The molecule has 5 heteroatoms. The van der Waals surface area contributed by atoms with E-state index < -0.39 is 0 Å². The van der Waals surface area contributed by atoms with E-state index in [1.54, 1.807) is 12.1 Å². The van der Waals surface area contributed by atoms with Crippen molar-refractivity contribution in [1.29, 1.82) is 0 Å². The molecule has 88 valence electrons. The molecule has 0 saturated heterocycles. The Hall–Kier alpha value is -0.490. The maximum Gasteiger partial charge on any atom is 0.319 e. The Morgan fingerprint density at radius 2 is 2.00 bits per heavy atom. The molecule has 0 atom stereocenters. The molecule has 0 heterocycles. The van der Waals surface area contributed by atoms with E-state index in [4.69, 9.17) is 11.6 Å². The highest BCUT2D eigenvalue weighted by molar-refractivity contribution is 14.1. The predicted octanol–water partition coefficient (Wildman–Crippen LogP) is 3.86. The van der Waals surface area contributed by atoms with Crippen LogP contribution in [0, 0.1) is 3.57 Å². The summed E-state index contributed by atoms with van der Waals surface area (Å²) in [6.45, 7) is 5.76. The van der Waals surface area contributed by atoms with Crippen molar-refractivity contribution in [2.45, 2.75) is 26.3 Å². The smallest absolute Gasteiger partial charge is 0.319 e. The normalized spacial score (nSPS) is 11.1. The van der Waals surface area contributed by atoms with Crippen molar-refractivity contribution in [2.24, 2.45) is 0 Å². The van der Waals surface area contributed by atoms with Crippen molar-refractivity contribution in [2.75, 3.05) is 5.32 Å². The zero-order valence-corrected chi connectivity index (χ0v) is 12.3. The van der Waals surface area contributed by atoms with E-state index in [9.17, 15) is 4.79 Å². The van der Waals surface area contributed by atoms with Crippen molar-refractivity contribution < 1.29 is 4.79 Å². The van der Waals surface area contributed by atoms with Gasteiger partial charge in [-0.1, -0.05) is 11.6 Å². The van der Waals surface area contributed by atoms with Gasteiger partial charge in [0, 0.05) is 9.11 Å². The van der Waals surface area contributed by atoms with Crippen LogP contribution in [0.4, 0.5) is 10.5 Å². The zero-order chi connectivity index (χ0) is 12.3. The molecule has 0 fully saturated rings. The number of nitrogens with one attached hydrogen (secondary N) is 2. The van der Waals surface area contributed by atoms with E-state index in [0.717, 1.165) is 3.57 Å². The minimum Gasteiger partial charge on any atom is -0.333 e. The number of anilines is 1. The second kappa shape index (κ2) is 5.23. The van der Waals surface area contributed by atoms with Crippen molar-refractivity contribution in [3.63, 3.8) is 0 Å². The average molecular weight is 353 g/mol. The highest BCUT2D eigenvalue weighted by Gasteiger charge is 2.14. The third-order valence-corrected chi connectivity index (χ3v) is 2.65. The number of halogens is 2. The molecule has 0 aliphatic rings. The van der Waals surface area contributed by atoms with Gasteiger partial charge in [0.2, 0.25) is 0 Å². The maximum atomic E-state index is 11.6. The molecule has 1 rings (SSSR count). The van der Waals surface area contributed by atoms with Crippen molar-refractivity contribution in [1.82, 2.24) is 5.32 Å². The van der Waals surface area contributed by atoms with Crippen LogP contribution in [0.3, 0.4) is 0 Å². The molecule has 0 spiro atoms. The summed E-state index contributed by atoms with van der Waals surface area (Å²) in [7, 11) is 0. The molecule has 0 aliphatic heterocycles. The summed E-state index contributed by atoms with van der Waals surface area (Å²) >= 11 is 8.16. The Kier molecular flexibility index (Phi) is 4.43. The zero-order valence-electron chi connectivity index (χ0n) is 9.40. The lowest BCUT2D eigenvalue weighted by atomic mass is 10.1. The SMILES string of the molecule is CC(C)(C)NC(=O)Nc1ccc(I)cc1Cl. The van der Waals surface area contributed by atoms with Crippen LogP contribution in [0.2, 0.25) is 5.02 Å². The van der Waals surface area contributed by atoms with E-state index >= 15 is 0 Å². The van der Waals surface area contributed by atoms with Gasteiger partial charge in [0.25, 0.3) is 0 Å². The second-order valence-electron chi connectivity index (χ2n) is 4.45. The minimum atomic E-state index is -0.264. The van der Waals surface area contributed by atoms with E-state index in [1.165, 1.54) is 0 Å². The van der Waals surface area contributed by atoms with Crippen LogP contribution in [0.25, 0.3) is 0 Å². The Balaban J connectivity index is 2.70. The van der Waals surface area contributed by atoms with Gasteiger partial charge in [0.15, 0.2) is 0 Å². The van der Waals surface area contributed by atoms with Gasteiger partial charge in [-0.15, -0.1) is 0 Å². The molecule has 1 aromatic carbocycles. The van der Waals surface area contributed by atoms with E-state index in [-0.39, 0.29) is 11.6 Å². The number of benzene rings is 1. The van der Waals surface area contributed by atoms with Gasteiger partial charge in [0.05, 0.1) is 10.7 Å². The number of urea groups is 1. The number of hydrogen-bond donors (Lipinski definition) is 2. The van der Waals surface area contributed by atoms with Crippen LogP contribution in [-0.4, -0.2) is 11.6 Å². The molecule has 16 heavy (non-hydrogen) atoms. The lowest BCUT2D eigenvalue weighted by Crippen LogP contribution is -2.43. The number of hydrogen-bond acceptors (Lipinski definition) is 1. The van der Waals surface area contributed by atoms with Crippen LogP contribution in [0.15, 0.2) is 18.2 Å². The first-order valence-corrected chi connectivity index (χ1v) is 6.28. The first kappa shape index (κ1) is 13.6. The summed E-state index contributed by atoms with van der Waals surface area (Å²) in [5.41, 5.74) is 0.351. The Morgan fingerprint density at radius 3 is 2.50 bits per heavy atom. The van der Waals surface area contributed by atoms with Gasteiger partial charge < -0.3 is 10.6 Å². The summed E-state index contributed by atoms with van der Waals surface area (Å²) in [5.74, 6) is 0. The molecule has 1 aromatic rings. The number of carbonyl (C=O) groups is 1. The highest BCUT2D eigenvalue weighted by atomic mass is 127. The summed E-state index contributed by atoms with van der Waals surface area (Å²) in [6.07, 6.45) is 0. The first-order chi connectivity index (χ1) is 7.28. The number of carbonyl (C=O) groups excluding carboxylic acids is 1. The summed E-state index contributed by atoms with van der Waals surface area (Å²) in [4.78, 5) is 11.6. The molecule has 0 bridgehead atoms. The summed E-state index contributed by atoms with van der Waals surface area (Å²) < 4.78 is 1.03. The standard InChI is InChI=1S/C11H14ClIN2O/c1-11(2,3)15-10(16)14-9-5-4-7(13)6-8(9)12/h4-6H,1-3H3,(H2,14,15,16). The van der Waals surface area contributed by atoms with Crippen LogP contribution in [0.1, 0.15) is 20.8 Å². The van der Waals surface area contributed by atoms with E-state index in [2.05, 4.69) is 33.2 Å².